The Kier molecular flexibility index (Phi) is 8.33. The lowest BCUT2D eigenvalue weighted by atomic mass is 10.0. The first-order valence-corrected chi connectivity index (χ1v) is 10.5. The minimum atomic E-state index is -0.571. The number of aromatic nitrogens is 3. The molecule has 0 N–H and O–H groups in total. The van der Waals surface area contributed by atoms with Crippen LogP contribution in [0.1, 0.15) is 17.5 Å². The molecule has 2 aromatic carbocycles. The fourth-order valence-corrected chi connectivity index (χ4v) is 3.51. The van der Waals surface area contributed by atoms with Crippen molar-refractivity contribution in [1.29, 1.82) is 0 Å². The summed E-state index contributed by atoms with van der Waals surface area (Å²) >= 11 is 3.45. The maximum atomic E-state index is 14.0. The van der Waals surface area contributed by atoms with Crippen LogP contribution in [-0.4, -0.2) is 34.6 Å². The summed E-state index contributed by atoms with van der Waals surface area (Å²) in [7, 11) is 0. The quantitative estimate of drug-likeness (QED) is 0.364. The first-order valence-electron chi connectivity index (χ1n) is 9.74. The van der Waals surface area contributed by atoms with Gasteiger partial charge >= 0.3 is 0 Å². The third-order valence-electron chi connectivity index (χ3n) is 4.73. The molecule has 0 fully saturated rings. The normalized spacial score (nSPS) is 12.1. The van der Waals surface area contributed by atoms with Gasteiger partial charge in [-0.05, 0) is 55.2 Å². The van der Waals surface area contributed by atoms with Crippen molar-refractivity contribution in [2.75, 3.05) is 19.8 Å². The maximum Gasteiger partial charge on any atom is 0.137 e. The van der Waals surface area contributed by atoms with E-state index in [4.69, 9.17) is 9.47 Å². The number of hydrogen-bond donors (Lipinski definition) is 0. The Balaban J connectivity index is 1.56. The summed E-state index contributed by atoms with van der Waals surface area (Å²) in [6.07, 6.45) is 4.25. The van der Waals surface area contributed by atoms with Crippen LogP contribution in [0.15, 0.2) is 53.5 Å². The molecule has 0 saturated carbocycles. The summed E-state index contributed by atoms with van der Waals surface area (Å²) in [4.78, 5) is 3.90. The molecule has 0 aliphatic rings. The van der Waals surface area contributed by atoms with Crippen molar-refractivity contribution in [3.63, 3.8) is 0 Å². The van der Waals surface area contributed by atoms with E-state index in [1.807, 2.05) is 25.1 Å². The van der Waals surface area contributed by atoms with E-state index in [1.54, 1.807) is 11.0 Å². The SMILES string of the molecule is Cc1cc(Br)ccc1OC[C@@H](CCc1ccc(F)cc1F)COCCn1cncn1. The molecule has 0 radical (unpaired) electrons. The molecule has 0 aliphatic carbocycles. The molecule has 3 rings (SSSR count). The zero-order chi connectivity index (χ0) is 21.3. The summed E-state index contributed by atoms with van der Waals surface area (Å²) in [6, 6.07) is 9.53. The molecule has 0 spiro atoms. The highest BCUT2D eigenvalue weighted by atomic mass is 79.9. The number of halogens is 3. The van der Waals surface area contributed by atoms with Gasteiger partial charge in [-0.2, -0.15) is 5.10 Å². The van der Waals surface area contributed by atoms with Gasteiger partial charge in [0.1, 0.15) is 30.0 Å². The molecule has 5 nitrogen and oxygen atoms in total. The summed E-state index contributed by atoms with van der Waals surface area (Å²) in [5.74, 6) is -0.240. The third-order valence-corrected chi connectivity index (χ3v) is 5.23. The first-order chi connectivity index (χ1) is 14.5. The second kappa shape index (κ2) is 11.2. The second-order valence-electron chi connectivity index (χ2n) is 7.09. The van der Waals surface area contributed by atoms with E-state index in [-0.39, 0.29) is 5.92 Å². The van der Waals surface area contributed by atoms with Gasteiger partial charge < -0.3 is 9.47 Å². The fourth-order valence-electron chi connectivity index (χ4n) is 3.04. The minimum absolute atomic E-state index is 0.0493. The van der Waals surface area contributed by atoms with Crippen molar-refractivity contribution in [2.24, 2.45) is 5.92 Å². The molecule has 160 valence electrons. The van der Waals surface area contributed by atoms with E-state index < -0.39 is 11.6 Å². The molecular weight excluding hydrogens is 456 g/mol. The van der Waals surface area contributed by atoms with Crippen molar-refractivity contribution >= 4 is 15.9 Å². The Labute approximate surface area is 183 Å². The first kappa shape index (κ1) is 22.4. The number of ether oxygens (including phenoxy) is 2. The Morgan fingerprint density at radius 3 is 2.73 bits per heavy atom. The van der Waals surface area contributed by atoms with E-state index >= 15 is 0 Å². The van der Waals surface area contributed by atoms with Gasteiger partial charge in [0.2, 0.25) is 0 Å². The second-order valence-corrected chi connectivity index (χ2v) is 8.01. The molecule has 1 atom stereocenters. The third kappa shape index (κ3) is 6.88. The lowest BCUT2D eigenvalue weighted by Gasteiger charge is -2.19. The molecule has 1 heterocycles. The number of rotatable bonds is 11. The molecule has 0 unspecified atom stereocenters. The van der Waals surface area contributed by atoms with Crippen LogP contribution in [0, 0.1) is 24.5 Å². The molecule has 0 saturated heterocycles. The van der Waals surface area contributed by atoms with Crippen LogP contribution >= 0.6 is 15.9 Å². The molecule has 8 heteroatoms. The number of hydrogen-bond acceptors (Lipinski definition) is 4. The minimum Gasteiger partial charge on any atom is -0.493 e. The average Bonchev–Trinajstić information content (AvgIpc) is 3.22. The van der Waals surface area contributed by atoms with Crippen molar-refractivity contribution in [2.45, 2.75) is 26.3 Å². The molecule has 1 aromatic heterocycles. The Morgan fingerprint density at radius 1 is 1.13 bits per heavy atom. The zero-order valence-corrected chi connectivity index (χ0v) is 18.3. The topological polar surface area (TPSA) is 49.2 Å². The van der Waals surface area contributed by atoms with Crippen LogP contribution in [0.4, 0.5) is 8.78 Å². The Hall–Kier alpha value is -2.32. The average molecular weight is 480 g/mol. The van der Waals surface area contributed by atoms with Gasteiger partial charge in [0.15, 0.2) is 0 Å². The summed E-state index contributed by atoms with van der Waals surface area (Å²) < 4.78 is 41.7. The molecule has 0 aliphatic heterocycles. The van der Waals surface area contributed by atoms with Crippen LogP contribution in [-0.2, 0) is 17.7 Å². The molecule has 0 amide bonds. The van der Waals surface area contributed by atoms with Gasteiger partial charge in [-0.1, -0.05) is 22.0 Å². The smallest absolute Gasteiger partial charge is 0.137 e. The highest BCUT2D eigenvalue weighted by Crippen LogP contribution is 2.23. The summed E-state index contributed by atoms with van der Waals surface area (Å²) in [5, 5.41) is 4.04. The molecule has 3 aromatic rings. The Bertz CT molecular complexity index is 883. The van der Waals surface area contributed by atoms with E-state index in [0.717, 1.165) is 21.9 Å². The molecule has 0 bridgehead atoms. The van der Waals surface area contributed by atoms with Crippen LogP contribution in [0.25, 0.3) is 0 Å². The monoisotopic (exact) mass is 479 g/mol. The fraction of sp³-hybridized carbons (Fsp3) is 0.364. The summed E-state index contributed by atoms with van der Waals surface area (Å²) in [5.41, 5.74) is 1.52. The highest BCUT2D eigenvalue weighted by molar-refractivity contribution is 9.10. The van der Waals surface area contributed by atoms with Gasteiger partial charge in [0, 0.05) is 16.5 Å². The molecule has 30 heavy (non-hydrogen) atoms. The van der Waals surface area contributed by atoms with Crippen molar-refractivity contribution in [3.8, 4) is 5.75 Å². The van der Waals surface area contributed by atoms with Gasteiger partial charge in [-0.15, -0.1) is 0 Å². The van der Waals surface area contributed by atoms with E-state index in [0.29, 0.717) is 44.8 Å². The number of nitrogens with zero attached hydrogens (tertiary/aromatic N) is 3. The van der Waals surface area contributed by atoms with Gasteiger partial charge in [-0.25, -0.2) is 13.8 Å². The van der Waals surface area contributed by atoms with Gasteiger partial charge in [-0.3, -0.25) is 4.68 Å². The highest BCUT2D eigenvalue weighted by Gasteiger charge is 2.14. The van der Waals surface area contributed by atoms with Crippen molar-refractivity contribution in [1.82, 2.24) is 14.8 Å². The standard InChI is InChI=1S/C22H24BrF2N3O2/c1-16-10-19(23)5-7-22(16)30-13-17(12-29-9-8-28-15-26-14-27-28)2-3-18-4-6-20(24)11-21(18)25/h4-7,10-11,14-15,17H,2-3,8-9,12-13H2,1H3/t17-/m0/s1. The number of benzene rings is 2. The van der Waals surface area contributed by atoms with E-state index in [1.165, 1.54) is 18.5 Å². The zero-order valence-electron chi connectivity index (χ0n) is 16.7. The predicted molar refractivity (Wildman–Crippen MR) is 113 cm³/mol. The van der Waals surface area contributed by atoms with Crippen molar-refractivity contribution < 1.29 is 18.3 Å². The lowest BCUT2D eigenvalue weighted by molar-refractivity contribution is 0.0685. The predicted octanol–water partition coefficient (Wildman–Crippen LogP) is 4.97. The van der Waals surface area contributed by atoms with Gasteiger partial charge in [0.25, 0.3) is 0 Å². The Morgan fingerprint density at radius 2 is 2.00 bits per heavy atom. The van der Waals surface area contributed by atoms with Crippen LogP contribution in [0.5, 0.6) is 5.75 Å². The van der Waals surface area contributed by atoms with E-state index in [2.05, 4.69) is 26.0 Å². The number of aryl methyl sites for hydroxylation is 2. The van der Waals surface area contributed by atoms with Gasteiger partial charge in [0.05, 0.1) is 26.4 Å². The molecular formula is C22H24BrF2N3O2. The maximum absolute atomic E-state index is 14.0. The van der Waals surface area contributed by atoms with Crippen LogP contribution in [0.2, 0.25) is 0 Å². The van der Waals surface area contributed by atoms with Crippen molar-refractivity contribution in [3.05, 3.63) is 76.3 Å². The van der Waals surface area contributed by atoms with Crippen LogP contribution in [0.3, 0.4) is 0 Å². The lowest BCUT2D eigenvalue weighted by Crippen LogP contribution is -2.21. The van der Waals surface area contributed by atoms with Crippen LogP contribution < -0.4 is 4.74 Å². The largest absolute Gasteiger partial charge is 0.493 e. The van der Waals surface area contributed by atoms with E-state index in [9.17, 15) is 8.78 Å². The summed E-state index contributed by atoms with van der Waals surface area (Å²) in [6.45, 7) is 3.98.